The number of nitrogens with two attached hydrogens (primary N) is 2. The number of fused-ring (bicyclic) bond motifs is 1. The van der Waals surface area contributed by atoms with Gasteiger partial charge in [0.05, 0.1) is 0 Å². The first-order valence-electron chi connectivity index (χ1n) is 6.24. The number of aromatic amines is 1. The Morgan fingerprint density at radius 2 is 1.88 bits per heavy atom. The molecule has 0 bridgehead atoms. The van der Waals surface area contributed by atoms with Crippen LogP contribution in [-0.4, -0.2) is 17.6 Å². The number of hydrogen-bond acceptors (Lipinski definition) is 2. The zero-order chi connectivity index (χ0) is 12.8. The van der Waals surface area contributed by atoms with Crippen LogP contribution in [0.5, 0.6) is 0 Å². The first-order valence-corrected chi connectivity index (χ1v) is 6.24. The van der Waals surface area contributed by atoms with Gasteiger partial charge in [0.15, 0.2) is 0 Å². The first kappa shape index (κ1) is 13.7. The Hall–Kier alpha value is -1.32. The van der Waals surface area contributed by atoms with Gasteiger partial charge in [-0.2, -0.15) is 0 Å². The van der Waals surface area contributed by atoms with Crippen molar-refractivity contribution in [1.82, 2.24) is 4.98 Å². The van der Waals surface area contributed by atoms with Crippen LogP contribution in [0.1, 0.15) is 25.1 Å². The van der Waals surface area contributed by atoms with Crippen LogP contribution in [-0.2, 0) is 6.42 Å². The summed E-state index contributed by atoms with van der Waals surface area (Å²) in [5.41, 5.74) is 15.1. The number of hydrogen-bond donors (Lipinski definition) is 3. The molecule has 0 aliphatic carbocycles. The molecule has 0 aliphatic rings. The van der Waals surface area contributed by atoms with Crippen LogP contribution in [0, 0.1) is 6.92 Å². The van der Waals surface area contributed by atoms with Crippen molar-refractivity contribution in [2.24, 2.45) is 11.5 Å². The Balaban J connectivity index is 0.000000686. The van der Waals surface area contributed by atoms with Crippen LogP contribution in [0.25, 0.3) is 10.9 Å². The molecule has 5 N–H and O–H groups in total. The molecule has 0 spiro atoms. The van der Waals surface area contributed by atoms with E-state index in [4.69, 9.17) is 11.5 Å². The highest BCUT2D eigenvalue weighted by Crippen LogP contribution is 2.22. The third kappa shape index (κ3) is 3.08. The van der Waals surface area contributed by atoms with E-state index in [2.05, 4.69) is 24.0 Å². The van der Waals surface area contributed by atoms with Crippen molar-refractivity contribution in [3.05, 3.63) is 35.5 Å². The SMILES string of the molecule is CC.Cc1[nH]c2ccccc2c1CC(N)CN. The molecule has 94 valence electrons. The summed E-state index contributed by atoms with van der Waals surface area (Å²) >= 11 is 0. The zero-order valence-electron chi connectivity index (χ0n) is 11.0. The third-order valence-corrected chi connectivity index (χ3v) is 2.80. The molecule has 0 amide bonds. The fourth-order valence-electron chi connectivity index (χ4n) is 1.94. The Kier molecular flexibility index (Phi) is 5.19. The van der Waals surface area contributed by atoms with E-state index in [-0.39, 0.29) is 6.04 Å². The van der Waals surface area contributed by atoms with Gasteiger partial charge >= 0.3 is 0 Å². The maximum Gasteiger partial charge on any atom is 0.0458 e. The summed E-state index contributed by atoms with van der Waals surface area (Å²) in [6, 6.07) is 8.33. The molecule has 0 fully saturated rings. The molecule has 3 nitrogen and oxygen atoms in total. The van der Waals surface area contributed by atoms with Crippen molar-refractivity contribution in [3.63, 3.8) is 0 Å². The van der Waals surface area contributed by atoms with Crippen LogP contribution < -0.4 is 11.5 Å². The molecule has 0 radical (unpaired) electrons. The Morgan fingerprint density at radius 3 is 2.53 bits per heavy atom. The van der Waals surface area contributed by atoms with Gasteiger partial charge in [0, 0.05) is 29.2 Å². The van der Waals surface area contributed by atoms with E-state index in [1.54, 1.807) is 0 Å². The molecule has 0 saturated heterocycles. The average molecular weight is 233 g/mol. The second-order valence-electron chi connectivity index (χ2n) is 3.97. The van der Waals surface area contributed by atoms with E-state index in [0.29, 0.717) is 6.54 Å². The highest BCUT2D eigenvalue weighted by Gasteiger charge is 2.10. The van der Waals surface area contributed by atoms with Crippen molar-refractivity contribution in [2.45, 2.75) is 33.2 Å². The van der Waals surface area contributed by atoms with Crippen LogP contribution in [0.15, 0.2) is 24.3 Å². The fraction of sp³-hybridized carbons (Fsp3) is 0.429. The van der Waals surface area contributed by atoms with Crippen molar-refractivity contribution in [2.75, 3.05) is 6.54 Å². The topological polar surface area (TPSA) is 67.8 Å². The van der Waals surface area contributed by atoms with E-state index in [0.717, 1.165) is 6.42 Å². The number of aryl methyl sites for hydroxylation is 1. The normalized spacial score (nSPS) is 12.1. The van der Waals surface area contributed by atoms with Crippen LogP contribution in [0.2, 0.25) is 0 Å². The molecule has 3 heteroatoms. The van der Waals surface area contributed by atoms with Crippen molar-refractivity contribution in [3.8, 4) is 0 Å². The van der Waals surface area contributed by atoms with Crippen LogP contribution >= 0.6 is 0 Å². The number of H-pyrrole nitrogens is 1. The molecule has 1 heterocycles. The standard InChI is InChI=1S/C12H17N3.C2H6/c1-8-11(6-9(14)7-13)10-4-2-3-5-12(10)15-8;1-2/h2-5,9,15H,6-7,13-14H2,1H3;1-2H3. The van der Waals surface area contributed by atoms with Gasteiger partial charge in [-0.1, -0.05) is 32.0 Å². The van der Waals surface area contributed by atoms with E-state index in [1.165, 1.54) is 22.2 Å². The largest absolute Gasteiger partial charge is 0.358 e. The minimum absolute atomic E-state index is 0.0444. The lowest BCUT2D eigenvalue weighted by atomic mass is 10.0. The lowest BCUT2D eigenvalue weighted by Crippen LogP contribution is -2.31. The second-order valence-corrected chi connectivity index (χ2v) is 3.97. The second kappa shape index (κ2) is 6.42. The molecule has 17 heavy (non-hydrogen) atoms. The summed E-state index contributed by atoms with van der Waals surface area (Å²) < 4.78 is 0. The minimum atomic E-state index is 0.0444. The van der Waals surface area contributed by atoms with Gasteiger partial charge in [-0.25, -0.2) is 0 Å². The maximum atomic E-state index is 5.89. The molecule has 1 unspecified atom stereocenters. The lowest BCUT2D eigenvalue weighted by molar-refractivity contribution is 0.679. The summed E-state index contributed by atoms with van der Waals surface area (Å²) in [7, 11) is 0. The third-order valence-electron chi connectivity index (χ3n) is 2.80. The Bertz CT molecular complexity index is 459. The van der Waals surface area contributed by atoms with Gasteiger partial charge in [-0.05, 0) is 25.0 Å². The van der Waals surface area contributed by atoms with Gasteiger partial charge in [0.1, 0.15) is 0 Å². The predicted octanol–water partition coefficient (Wildman–Crippen LogP) is 2.33. The van der Waals surface area contributed by atoms with Gasteiger partial charge in [0.25, 0.3) is 0 Å². The number of aromatic nitrogens is 1. The van der Waals surface area contributed by atoms with Crippen LogP contribution in [0.3, 0.4) is 0 Å². The molecule has 2 aromatic rings. The summed E-state index contributed by atoms with van der Waals surface area (Å²) in [5, 5.41) is 1.26. The molecular formula is C14H23N3. The van der Waals surface area contributed by atoms with E-state index < -0.39 is 0 Å². The highest BCUT2D eigenvalue weighted by molar-refractivity contribution is 5.84. The number of rotatable bonds is 3. The fourth-order valence-corrected chi connectivity index (χ4v) is 1.94. The molecule has 1 aromatic carbocycles. The monoisotopic (exact) mass is 233 g/mol. The summed E-state index contributed by atoms with van der Waals surface area (Å²) in [4.78, 5) is 3.36. The van der Waals surface area contributed by atoms with Crippen LogP contribution in [0.4, 0.5) is 0 Å². The Labute approximate surface area is 103 Å². The number of para-hydroxylation sites is 1. The average Bonchev–Trinajstić information content (AvgIpc) is 2.68. The number of benzene rings is 1. The van der Waals surface area contributed by atoms with E-state index >= 15 is 0 Å². The van der Waals surface area contributed by atoms with Crippen molar-refractivity contribution >= 4 is 10.9 Å². The summed E-state index contributed by atoms with van der Waals surface area (Å²) in [5.74, 6) is 0. The summed E-state index contributed by atoms with van der Waals surface area (Å²) in [6.45, 7) is 6.61. The zero-order valence-corrected chi connectivity index (χ0v) is 11.0. The highest BCUT2D eigenvalue weighted by atomic mass is 14.7. The quantitative estimate of drug-likeness (QED) is 0.761. The van der Waals surface area contributed by atoms with Gasteiger partial charge < -0.3 is 16.5 Å². The van der Waals surface area contributed by atoms with Gasteiger partial charge in [0.2, 0.25) is 0 Å². The van der Waals surface area contributed by atoms with Gasteiger partial charge in [-0.15, -0.1) is 0 Å². The molecular weight excluding hydrogens is 210 g/mol. The Morgan fingerprint density at radius 1 is 1.24 bits per heavy atom. The van der Waals surface area contributed by atoms with E-state index in [1.807, 2.05) is 26.0 Å². The maximum absolute atomic E-state index is 5.89. The first-order chi connectivity index (χ1) is 8.22. The molecule has 1 aromatic heterocycles. The van der Waals surface area contributed by atoms with Crippen molar-refractivity contribution in [1.29, 1.82) is 0 Å². The van der Waals surface area contributed by atoms with Gasteiger partial charge in [-0.3, -0.25) is 0 Å². The van der Waals surface area contributed by atoms with E-state index in [9.17, 15) is 0 Å². The lowest BCUT2D eigenvalue weighted by Gasteiger charge is -2.08. The molecule has 1 atom stereocenters. The predicted molar refractivity (Wildman–Crippen MR) is 75.1 cm³/mol. The molecule has 0 saturated carbocycles. The summed E-state index contributed by atoms with van der Waals surface area (Å²) in [6.07, 6.45) is 0.840. The van der Waals surface area contributed by atoms with Crippen molar-refractivity contribution < 1.29 is 0 Å². The molecule has 2 rings (SSSR count). The minimum Gasteiger partial charge on any atom is -0.358 e. The smallest absolute Gasteiger partial charge is 0.0458 e. The number of nitrogens with one attached hydrogen (secondary N) is 1. The molecule has 0 aliphatic heterocycles.